The fourth-order valence-electron chi connectivity index (χ4n) is 3.93. The zero-order valence-electron chi connectivity index (χ0n) is 11.9. The van der Waals surface area contributed by atoms with Crippen molar-refractivity contribution in [3.63, 3.8) is 0 Å². The smallest absolute Gasteiger partial charge is 0.0685 e. The fraction of sp³-hybridized carbons (Fsp3) is 0.750. The van der Waals surface area contributed by atoms with Gasteiger partial charge < -0.3 is 10.1 Å². The number of ether oxygens (including phenoxy) is 1. The topological polar surface area (TPSA) is 21.3 Å². The molecule has 1 aromatic rings. The van der Waals surface area contributed by atoms with Crippen LogP contribution in [0.4, 0.5) is 0 Å². The summed E-state index contributed by atoms with van der Waals surface area (Å²) < 4.78 is 6.16. The predicted octanol–water partition coefficient (Wildman–Crippen LogP) is 3.62. The maximum absolute atomic E-state index is 6.16. The zero-order valence-corrected chi connectivity index (χ0v) is 12.7. The average molecular weight is 279 g/mol. The van der Waals surface area contributed by atoms with E-state index in [1.807, 2.05) is 11.3 Å². The molecule has 2 nitrogen and oxygen atoms in total. The lowest BCUT2D eigenvalue weighted by Crippen LogP contribution is -2.45. The number of hydrogen-bond donors (Lipinski definition) is 1. The molecular formula is C16H25NOS. The molecule has 1 aromatic heterocycles. The first-order valence-electron chi connectivity index (χ1n) is 7.65. The number of nitrogens with one attached hydrogen (secondary N) is 1. The Hall–Kier alpha value is -0.380. The molecule has 2 fully saturated rings. The molecular weight excluding hydrogens is 254 g/mol. The molecule has 2 unspecified atom stereocenters. The van der Waals surface area contributed by atoms with Gasteiger partial charge in [-0.15, -0.1) is 11.3 Å². The highest BCUT2D eigenvalue weighted by Crippen LogP contribution is 2.43. The second-order valence-electron chi connectivity index (χ2n) is 6.17. The van der Waals surface area contributed by atoms with Crippen molar-refractivity contribution in [1.29, 1.82) is 0 Å². The molecule has 2 aliphatic rings. The van der Waals surface area contributed by atoms with E-state index in [0.29, 0.717) is 6.04 Å². The molecule has 0 amide bonds. The minimum absolute atomic E-state index is 0.244. The summed E-state index contributed by atoms with van der Waals surface area (Å²) in [5.41, 5.74) is 0.244. The summed E-state index contributed by atoms with van der Waals surface area (Å²) in [4.78, 5) is 1.51. The second kappa shape index (κ2) is 5.94. The summed E-state index contributed by atoms with van der Waals surface area (Å²) in [6.45, 7) is 0.966. The number of likely N-dealkylation sites (N-methyl/N-ethyl adjacent to an activating group) is 1. The van der Waals surface area contributed by atoms with Gasteiger partial charge in [0, 0.05) is 17.5 Å². The summed E-state index contributed by atoms with van der Waals surface area (Å²) in [6, 6.07) is 5.04. The largest absolute Gasteiger partial charge is 0.375 e. The van der Waals surface area contributed by atoms with Crippen molar-refractivity contribution in [2.45, 2.75) is 56.6 Å². The summed E-state index contributed by atoms with van der Waals surface area (Å²) in [7, 11) is 2.12. The van der Waals surface area contributed by atoms with E-state index in [4.69, 9.17) is 4.74 Å². The van der Waals surface area contributed by atoms with Crippen LogP contribution in [0.15, 0.2) is 17.5 Å². The van der Waals surface area contributed by atoms with Crippen LogP contribution in [-0.4, -0.2) is 25.3 Å². The molecule has 106 valence electrons. The maximum Gasteiger partial charge on any atom is 0.0685 e. The van der Waals surface area contributed by atoms with Gasteiger partial charge in [-0.3, -0.25) is 0 Å². The predicted molar refractivity (Wildman–Crippen MR) is 80.7 cm³/mol. The van der Waals surface area contributed by atoms with Crippen LogP contribution in [0.1, 0.15) is 43.4 Å². The van der Waals surface area contributed by atoms with Crippen LogP contribution in [0.3, 0.4) is 0 Å². The molecule has 0 bridgehead atoms. The van der Waals surface area contributed by atoms with Crippen LogP contribution in [0.25, 0.3) is 0 Å². The SMILES string of the molecule is CNC(Cc1cccs1)C1CCOC2(CCCC2)C1. The van der Waals surface area contributed by atoms with Crippen LogP contribution < -0.4 is 5.32 Å². The molecule has 1 aliphatic carbocycles. The zero-order chi connectivity index (χ0) is 13.1. The van der Waals surface area contributed by atoms with Gasteiger partial charge in [0.25, 0.3) is 0 Å². The van der Waals surface area contributed by atoms with Gasteiger partial charge in [0.05, 0.1) is 5.60 Å². The van der Waals surface area contributed by atoms with Crippen molar-refractivity contribution in [2.24, 2.45) is 5.92 Å². The van der Waals surface area contributed by atoms with Gasteiger partial charge in [0.1, 0.15) is 0 Å². The first-order chi connectivity index (χ1) is 9.31. The Morgan fingerprint density at radius 1 is 1.47 bits per heavy atom. The van der Waals surface area contributed by atoms with Crippen molar-refractivity contribution in [2.75, 3.05) is 13.7 Å². The van der Waals surface area contributed by atoms with Gasteiger partial charge in [-0.05, 0) is 56.5 Å². The minimum atomic E-state index is 0.244. The van der Waals surface area contributed by atoms with Crippen molar-refractivity contribution in [1.82, 2.24) is 5.32 Å². The van der Waals surface area contributed by atoms with Crippen molar-refractivity contribution in [3.05, 3.63) is 22.4 Å². The molecule has 1 spiro atoms. The summed E-state index contributed by atoms with van der Waals surface area (Å²) in [5, 5.41) is 5.75. The van der Waals surface area contributed by atoms with Crippen molar-refractivity contribution in [3.8, 4) is 0 Å². The molecule has 0 radical (unpaired) electrons. The Kier molecular flexibility index (Phi) is 4.25. The molecule has 0 aromatic carbocycles. The lowest BCUT2D eigenvalue weighted by Gasteiger charge is -2.41. The van der Waals surface area contributed by atoms with Gasteiger partial charge in [0.15, 0.2) is 0 Å². The van der Waals surface area contributed by atoms with Gasteiger partial charge in [-0.25, -0.2) is 0 Å². The quantitative estimate of drug-likeness (QED) is 0.909. The maximum atomic E-state index is 6.16. The molecule has 1 aliphatic heterocycles. The van der Waals surface area contributed by atoms with Gasteiger partial charge >= 0.3 is 0 Å². The number of rotatable bonds is 4. The first kappa shape index (κ1) is 13.6. The minimum Gasteiger partial charge on any atom is -0.375 e. The van der Waals surface area contributed by atoms with Crippen LogP contribution in [0.2, 0.25) is 0 Å². The third-order valence-corrected chi connectivity index (χ3v) is 5.89. The summed E-state index contributed by atoms with van der Waals surface area (Å²) in [5.74, 6) is 0.777. The Morgan fingerprint density at radius 2 is 2.32 bits per heavy atom. The Bertz CT molecular complexity index is 383. The second-order valence-corrected chi connectivity index (χ2v) is 7.20. The van der Waals surface area contributed by atoms with E-state index in [9.17, 15) is 0 Å². The molecule has 3 heteroatoms. The lowest BCUT2D eigenvalue weighted by atomic mass is 9.79. The molecule has 2 atom stereocenters. The van der Waals surface area contributed by atoms with Crippen molar-refractivity contribution < 1.29 is 4.74 Å². The number of thiophene rings is 1. The van der Waals surface area contributed by atoms with E-state index in [1.165, 1.54) is 49.8 Å². The lowest BCUT2D eigenvalue weighted by molar-refractivity contribution is -0.0975. The highest BCUT2D eigenvalue weighted by molar-refractivity contribution is 7.09. The standard InChI is InChI=1S/C16H25NOS/c1-17-15(11-14-5-4-10-19-14)13-6-9-18-16(12-13)7-2-3-8-16/h4-5,10,13,15,17H,2-3,6-9,11-12H2,1H3. The molecule has 3 rings (SSSR count). The third kappa shape index (κ3) is 3.04. The Morgan fingerprint density at radius 3 is 3.00 bits per heavy atom. The van der Waals surface area contributed by atoms with Crippen LogP contribution in [-0.2, 0) is 11.2 Å². The summed E-state index contributed by atoms with van der Waals surface area (Å²) >= 11 is 1.88. The van der Waals surface area contributed by atoms with Gasteiger partial charge in [-0.2, -0.15) is 0 Å². The van der Waals surface area contributed by atoms with Gasteiger partial charge in [-0.1, -0.05) is 18.9 Å². The van der Waals surface area contributed by atoms with E-state index in [2.05, 4.69) is 29.9 Å². The van der Waals surface area contributed by atoms with E-state index in [0.717, 1.165) is 12.5 Å². The molecule has 1 saturated heterocycles. The number of hydrogen-bond acceptors (Lipinski definition) is 3. The molecule has 1 N–H and O–H groups in total. The average Bonchev–Trinajstić information content (AvgIpc) is 3.08. The van der Waals surface area contributed by atoms with Crippen LogP contribution in [0.5, 0.6) is 0 Å². The van der Waals surface area contributed by atoms with E-state index < -0.39 is 0 Å². The molecule has 1 saturated carbocycles. The molecule has 2 heterocycles. The summed E-state index contributed by atoms with van der Waals surface area (Å²) in [6.07, 6.45) is 8.97. The van der Waals surface area contributed by atoms with Crippen molar-refractivity contribution >= 4 is 11.3 Å². The Labute approximate surface area is 120 Å². The van der Waals surface area contributed by atoms with E-state index >= 15 is 0 Å². The Balaban J connectivity index is 1.65. The van der Waals surface area contributed by atoms with Crippen LogP contribution in [0, 0.1) is 5.92 Å². The monoisotopic (exact) mass is 279 g/mol. The van der Waals surface area contributed by atoms with Gasteiger partial charge in [0.2, 0.25) is 0 Å². The third-order valence-electron chi connectivity index (χ3n) is 4.99. The highest BCUT2D eigenvalue weighted by atomic mass is 32.1. The first-order valence-corrected chi connectivity index (χ1v) is 8.53. The highest BCUT2D eigenvalue weighted by Gasteiger charge is 2.41. The van der Waals surface area contributed by atoms with Crippen LogP contribution >= 0.6 is 11.3 Å². The van der Waals surface area contributed by atoms with E-state index in [-0.39, 0.29) is 5.60 Å². The normalized spacial score (nSPS) is 27.7. The van der Waals surface area contributed by atoms with E-state index in [1.54, 1.807) is 0 Å². The fourth-order valence-corrected chi connectivity index (χ4v) is 4.69. The molecule has 19 heavy (non-hydrogen) atoms.